The lowest BCUT2D eigenvalue weighted by molar-refractivity contribution is 0.102. The molecule has 2 aliphatic rings. The van der Waals surface area contributed by atoms with Gasteiger partial charge in [0.15, 0.2) is 0 Å². The molecule has 0 radical (unpaired) electrons. The number of nitrogens with zero attached hydrogens (tertiary/aromatic N) is 4. The molecule has 6 rings (SSSR count). The third-order valence-corrected chi connectivity index (χ3v) is 8.32. The summed E-state index contributed by atoms with van der Waals surface area (Å²) in [7, 11) is 4.12. The molecule has 1 aliphatic heterocycles. The minimum Gasteiger partial charge on any atom is -0.398 e. The number of benzene rings is 3. The first-order chi connectivity index (χ1) is 19.5. The van der Waals surface area contributed by atoms with Crippen molar-refractivity contribution in [1.29, 1.82) is 0 Å². The molecule has 4 aromatic rings. The van der Waals surface area contributed by atoms with Crippen molar-refractivity contribution in [1.82, 2.24) is 9.88 Å². The highest BCUT2D eigenvalue weighted by Gasteiger charge is 2.21. The lowest BCUT2D eigenvalue weighted by atomic mass is 9.93. The van der Waals surface area contributed by atoms with E-state index in [1.165, 1.54) is 23.4 Å². The van der Waals surface area contributed by atoms with Gasteiger partial charge in [-0.05, 0) is 85.3 Å². The van der Waals surface area contributed by atoms with Crippen LogP contribution in [0.4, 0.5) is 22.7 Å². The monoisotopic (exact) mass is 534 g/mol. The SMILES string of the molecule is CN(C)c1ccc(N2CCN(Cc3ccccc3C(=O)Nc3ccc4nc5c(c(N)c4c3)CCCC5)CC2)cc1. The smallest absolute Gasteiger partial charge is 0.255 e. The predicted molar refractivity (Wildman–Crippen MR) is 165 cm³/mol. The highest BCUT2D eigenvalue weighted by atomic mass is 16.1. The fraction of sp³-hybridized carbons (Fsp3) is 0.333. The van der Waals surface area contributed by atoms with Crippen LogP contribution in [0.15, 0.2) is 66.7 Å². The number of carbonyl (C=O) groups excluding carboxylic acids is 1. The second-order valence-electron chi connectivity index (χ2n) is 11.2. The van der Waals surface area contributed by atoms with E-state index in [4.69, 9.17) is 10.7 Å². The standard InChI is InChI=1S/C33H38N6O/c1-37(2)25-12-14-26(15-13-25)39-19-17-38(18-20-39)22-23-7-3-4-8-27(23)33(40)35-24-11-16-31-29(21-24)32(34)28-9-5-6-10-30(28)36-31/h3-4,7-8,11-16,21H,5-6,9-10,17-20,22H2,1-2H3,(H2,34,36)(H,35,40). The van der Waals surface area contributed by atoms with Gasteiger partial charge in [0.05, 0.1) is 5.52 Å². The number of piperazine rings is 1. The number of anilines is 4. The number of aromatic nitrogens is 1. The van der Waals surface area contributed by atoms with Gasteiger partial charge in [0.2, 0.25) is 0 Å². The number of fused-ring (bicyclic) bond motifs is 2. The van der Waals surface area contributed by atoms with E-state index in [2.05, 4.69) is 64.4 Å². The summed E-state index contributed by atoms with van der Waals surface area (Å²) in [5.74, 6) is -0.0981. The Hall–Kier alpha value is -4.10. The van der Waals surface area contributed by atoms with Gasteiger partial charge in [0.1, 0.15) is 0 Å². The van der Waals surface area contributed by atoms with Crippen LogP contribution in [-0.4, -0.2) is 56.1 Å². The van der Waals surface area contributed by atoms with Crippen LogP contribution in [0, 0.1) is 0 Å². The van der Waals surface area contributed by atoms with E-state index in [0.717, 1.165) is 85.5 Å². The maximum Gasteiger partial charge on any atom is 0.255 e. The summed E-state index contributed by atoms with van der Waals surface area (Å²) >= 11 is 0. The van der Waals surface area contributed by atoms with Crippen molar-refractivity contribution in [2.24, 2.45) is 0 Å². The van der Waals surface area contributed by atoms with Crippen molar-refractivity contribution >= 4 is 39.6 Å². The number of amides is 1. The van der Waals surface area contributed by atoms with E-state index < -0.39 is 0 Å². The van der Waals surface area contributed by atoms with Crippen LogP contribution in [0.1, 0.15) is 40.0 Å². The Balaban J connectivity index is 1.13. The Morgan fingerprint density at radius 1 is 0.950 bits per heavy atom. The fourth-order valence-corrected chi connectivity index (χ4v) is 5.98. The molecule has 0 spiro atoms. The number of nitrogens with two attached hydrogens (primary N) is 1. The number of hydrogen-bond donors (Lipinski definition) is 2. The fourth-order valence-electron chi connectivity index (χ4n) is 5.98. The first-order valence-corrected chi connectivity index (χ1v) is 14.3. The molecule has 1 saturated heterocycles. The molecule has 206 valence electrons. The number of aryl methyl sites for hydroxylation is 1. The van der Waals surface area contributed by atoms with E-state index in [1.54, 1.807) is 0 Å². The number of rotatable bonds is 6. The van der Waals surface area contributed by atoms with Gasteiger partial charge in [-0.1, -0.05) is 18.2 Å². The molecule has 1 aromatic heterocycles. The van der Waals surface area contributed by atoms with Gasteiger partial charge in [0, 0.05) is 86.2 Å². The highest BCUT2D eigenvalue weighted by Crippen LogP contribution is 2.32. The van der Waals surface area contributed by atoms with Gasteiger partial charge in [-0.2, -0.15) is 0 Å². The van der Waals surface area contributed by atoms with Crippen LogP contribution in [0.3, 0.4) is 0 Å². The predicted octanol–water partition coefficient (Wildman–Crippen LogP) is 5.34. The van der Waals surface area contributed by atoms with Gasteiger partial charge in [0.25, 0.3) is 5.91 Å². The third-order valence-electron chi connectivity index (χ3n) is 8.32. The summed E-state index contributed by atoms with van der Waals surface area (Å²) in [6.45, 7) is 4.58. The van der Waals surface area contributed by atoms with Crippen LogP contribution in [0.5, 0.6) is 0 Å². The number of carbonyl (C=O) groups is 1. The Bertz CT molecular complexity index is 1520. The molecule has 0 bridgehead atoms. The Kier molecular flexibility index (Phi) is 7.30. The maximum atomic E-state index is 13.5. The average Bonchev–Trinajstić information content (AvgIpc) is 2.98. The van der Waals surface area contributed by atoms with Crippen LogP contribution >= 0.6 is 0 Å². The van der Waals surface area contributed by atoms with Crippen molar-refractivity contribution in [2.75, 3.05) is 61.1 Å². The normalized spacial score (nSPS) is 15.6. The first kappa shape index (κ1) is 26.1. The summed E-state index contributed by atoms with van der Waals surface area (Å²) < 4.78 is 0. The van der Waals surface area contributed by atoms with Gasteiger partial charge in [-0.25, -0.2) is 0 Å². The minimum atomic E-state index is -0.0981. The topological polar surface area (TPSA) is 77.7 Å². The van der Waals surface area contributed by atoms with Gasteiger partial charge in [-0.15, -0.1) is 0 Å². The Morgan fingerprint density at radius 2 is 1.70 bits per heavy atom. The third kappa shape index (κ3) is 5.34. The van der Waals surface area contributed by atoms with Crippen molar-refractivity contribution in [3.63, 3.8) is 0 Å². The molecule has 2 heterocycles. The molecule has 0 unspecified atom stereocenters. The molecule has 7 heteroatoms. The van der Waals surface area contributed by atoms with Gasteiger partial charge in [-0.3, -0.25) is 14.7 Å². The highest BCUT2D eigenvalue weighted by molar-refractivity contribution is 6.06. The van der Waals surface area contributed by atoms with Gasteiger partial charge < -0.3 is 20.9 Å². The molecular weight excluding hydrogens is 496 g/mol. The van der Waals surface area contributed by atoms with Crippen LogP contribution in [0.25, 0.3) is 10.9 Å². The van der Waals surface area contributed by atoms with Crippen molar-refractivity contribution < 1.29 is 4.79 Å². The number of pyridine rings is 1. The second-order valence-corrected chi connectivity index (χ2v) is 11.2. The maximum absolute atomic E-state index is 13.5. The van der Waals surface area contributed by atoms with Crippen LogP contribution < -0.4 is 20.9 Å². The summed E-state index contributed by atoms with van der Waals surface area (Å²) in [6.07, 6.45) is 4.28. The largest absolute Gasteiger partial charge is 0.398 e. The molecule has 7 nitrogen and oxygen atoms in total. The van der Waals surface area contributed by atoms with Crippen molar-refractivity contribution in [3.8, 4) is 0 Å². The minimum absolute atomic E-state index is 0.0981. The summed E-state index contributed by atoms with van der Waals surface area (Å²) in [4.78, 5) is 25.3. The molecule has 0 atom stereocenters. The zero-order chi connectivity index (χ0) is 27.6. The molecular formula is C33H38N6O. The van der Waals surface area contributed by atoms with E-state index in [0.29, 0.717) is 5.56 Å². The van der Waals surface area contributed by atoms with Crippen molar-refractivity contribution in [2.45, 2.75) is 32.2 Å². The quantitative estimate of drug-likeness (QED) is 0.348. The summed E-state index contributed by atoms with van der Waals surface area (Å²) in [5.41, 5.74) is 15.6. The first-order valence-electron chi connectivity index (χ1n) is 14.3. The van der Waals surface area contributed by atoms with E-state index in [-0.39, 0.29) is 5.91 Å². The zero-order valence-corrected chi connectivity index (χ0v) is 23.5. The summed E-state index contributed by atoms with van der Waals surface area (Å²) in [6, 6.07) is 22.5. The number of hydrogen-bond acceptors (Lipinski definition) is 6. The molecule has 1 fully saturated rings. The number of nitrogens with one attached hydrogen (secondary N) is 1. The Labute approximate surface area is 236 Å². The average molecular weight is 535 g/mol. The van der Waals surface area contributed by atoms with Crippen LogP contribution in [0.2, 0.25) is 0 Å². The number of nitrogen functional groups attached to an aromatic ring is 1. The molecule has 3 aromatic carbocycles. The Morgan fingerprint density at radius 3 is 2.48 bits per heavy atom. The van der Waals surface area contributed by atoms with E-state index in [1.807, 2.05) is 36.4 Å². The molecule has 40 heavy (non-hydrogen) atoms. The van der Waals surface area contributed by atoms with Crippen molar-refractivity contribution in [3.05, 3.63) is 89.1 Å². The zero-order valence-electron chi connectivity index (χ0n) is 23.5. The van der Waals surface area contributed by atoms with E-state index in [9.17, 15) is 4.79 Å². The van der Waals surface area contributed by atoms with Gasteiger partial charge >= 0.3 is 0 Å². The summed E-state index contributed by atoms with van der Waals surface area (Å²) in [5, 5.41) is 4.04. The molecule has 1 amide bonds. The molecule has 1 aliphatic carbocycles. The van der Waals surface area contributed by atoms with Crippen LogP contribution in [-0.2, 0) is 19.4 Å². The second kappa shape index (κ2) is 11.2. The molecule has 0 saturated carbocycles. The lowest BCUT2D eigenvalue weighted by Gasteiger charge is -2.36. The lowest BCUT2D eigenvalue weighted by Crippen LogP contribution is -2.46. The molecule has 3 N–H and O–H groups in total. The van der Waals surface area contributed by atoms with E-state index >= 15 is 0 Å².